The van der Waals surface area contributed by atoms with Crippen molar-refractivity contribution in [3.63, 3.8) is 0 Å². The number of benzene rings is 3. The molecule has 4 aromatic rings. The van der Waals surface area contributed by atoms with Gasteiger partial charge in [0, 0.05) is 5.56 Å². The van der Waals surface area contributed by atoms with Gasteiger partial charge in [-0.2, -0.15) is 4.68 Å². The van der Waals surface area contributed by atoms with Crippen LogP contribution in [0.5, 0.6) is 0 Å². The van der Waals surface area contributed by atoms with Gasteiger partial charge in [0.2, 0.25) is 0 Å². The zero-order valence-corrected chi connectivity index (χ0v) is 16.2. The molecule has 5 rings (SSSR count). The van der Waals surface area contributed by atoms with Crippen LogP contribution >= 0.6 is 11.8 Å². The molecule has 2 atom stereocenters. The van der Waals surface area contributed by atoms with Gasteiger partial charge in [0.05, 0.1) is 16.9 Å². The summed E-state index contributed by atoms with van der Waals surface area (Å²) in [5.41, 5.74) is 5.33. The number of rotatable bonds is 3. The Kier molecular flexibility index (Phi) is 4.41. The summed E-state index contributed by atoms with van der Waals surface area (Å²) in [6.07, 6.45) is 0. The lowest BCUT2D eigenvalue weighted by Gasteiger charge is -2.33. The quantitative estimate of drug-likeness (QED) is 0.416. The summed E-state index contributed by atoms with van der Waals surface area (Å²) in [4.78, 5) is 31.1. The minimum Gasteiger partial charge on any atom is -0.312 e. The molecule has 3 aromatic carbocycles. The fourth-order valence-electron chi connectivity index (χ4n) is 3.57. The van der Waals surface area contributed by atoms with E-state index in [-0.39, 0.29) is 17.4 Å². The smallest absolute Gasteiger partial charge is 0.280 e. The highest BCUT2D eigenvalue weighted by Gasteiger charge is 2.37. The van der Waals surface area contributed by atoms with Crippen molar-refractivity contribution < 1.29 is 4.79 Å². The SMILES string of the molecule is O=C(c1ccccc1)[C@H]1Sc2nc3ccccc3c(=O)n2N[C@@H]1c1ccccc1. The summed E-state index contributed by atoms with van der Waals surface area (Å²) in [6, 6.07) is 25.9. The highest BCUT2D eigenvalue weighted by Crippen LogP contribution is 2.38. The summed E-state index contributed by atoms with van der Waals surface area (Å²) < 4.78 is 1.47. The fraction of sp³-hybridized carbons (Fsp3) is 0.0870. The highest BCUT2D eigenvalue weighted by atomic mass is 32.2. The lowest BCUT2D eigenvalue weighted by atomic mass is 9.97. The Morgan fingerprint density at radius 1 is 0.897 bits per heavy atom. The van der Waals surface area contributed by atoms with Crippen LogP contribution in [0.15, 0.2) is 94.9 Å². The van der Waals surface area contributed by atoms with E-state index in [4.69, 9.17) is 0 Å². The van der Waals surface area contributed by atoms with Crippen LogP contribution in [0.4, 0.5) is 0 Å². The first kappa shape index (κ1) is 17.7. The standard InChI is InChI=1S/C23H17N3O2S/c27-20(16-11-5-2-6-12-16)21-19(15-9-3-1-4-10-15)25-26-22(28)17-13-7-8-14-18(17)24-23(26)29-21/h1-14,19,21,25H/t19-,21+/m1/s1. The van der Waals surface area contributed by atoms with Gasteiger partial charge in [0.1, 0.15) is 5.25 Å². The number of hydrogen-bond acceptors (Lipinski definition) is 5. The van der Waals surface area contributed by atoms with Crippen LogP contribution in [0.3, 0.4) is 0 Å². The molecule has 0 fully saturated rings. The van der Waals surface area contributed by atoms with E-state index >= 15 is 0 Å². The number of para-hydroxylation sites is 1. The van der Waals surface area contributed by atoms with Gasteiger partial charge in [0.15, 0.2) is 10.9 Å². The van der Waals surface area contributed by atoms with Crippen LogP contribution in [-0.4, -0.2) is 20.7 Å². The zero-order valence-electron chi connectivity index (χ0n) is 15.4. The van der Waals surface area contributed by atoms with Crippen LogP contribution in [0.25, 0.3) is 10.9 Å². The van der Waals surface area contributed by atoms with E-state index < -0.39 is 5.25 Å². The van der Waals surface area contributed by atoms with Crippen molar-refractivity contribution in [3.05, 3.63) is 106 Å². The minimum atomic E-state index is -0.451. The van der Waals surface area contributed by atoms with Gasteiger partial charge in [-0.15, -0.1) is 0 Å². The molecule has 0 bridgehead atoms. The Balaban J connectivity index is 1.66. The predicted molar refractivity (Wildman–Crippen MR) is 115 cm³/mol. The number of nitrogens with zero attached hydrogens (tertiary/aromatic N) is 2. The maximum Gasteiger partial charge on any atom is 0.280 e. The molecule has 0 aliphatic carbocycles. The number of carbonyl (C=O) groups is 1. The van der Waals surface area contributed by atoms with Crippen LogP contribution in [0.2, 0.25) is 0 Å². The normalized spacial score (nSPS) is 18.1. The van der Waals surface area contributed by atoms with E-state index in [2.05, 4.69) is 10.4 Å². The topological polar surface area (TPSA) is 64.0 Å². The van der Waals surface area contributed by atoms with Crippen molar-refractivity contribution >= 4 is 28.4 Å². The number of Topliss-reactive ketones (excluding diaryl/α,β-unsaturated/α-hetero) is 1. The maximum absolute atomic E-state index is 13.4. The first-order chi connectivity index (χ1) is 14.2. The molecular weight excluding hydrogens is 382 g/mol. The van der Waals surface area contributed by atoms with Crippen LogP contribution in [-0.2, 0) is 0 Å². The lowest BCUT2D eigenvalue weighted by molar-refractivity contribution is 0.0980. The highest BCUT2D eigenvalue weighted by molar-refractivity contribution is 8.00. The maximum atomic E-state index is 13.4. The molecule has 0 unspecified atom stereocenters. The molecule has 0 amide bonds. The molecule has 0 spiro atoms. The second-order valence-corrected chi connectivity index (χ2v) is 7.95. The van der Waals surface area contributed by atoms with Gasteiger partial charge in [-0.3, -0.25) is 9.59 Å². The number of aromatic nitrogens is 2. The molecule has 29 heavy (non-hydrogen) atoms. The van der Waals surface area contributed by atoms with E-state index in [0.29, 0.717) is 21.6 Å². The molecule has 6 heteroatoms. The Labute approximate surface area is 171 Å². The van der Waals surface area contributed by atoms with E-state index in [1.807, 2.05) is 78.9 Å². The molecule has 1 aromatic heterocycles. The van der Waals surface area contributed by atoms with Crippen molar-refractivity contribution in [2.24, 2.45) is 0 Å². The van der Waals surface area contributed by atoms with Gasteiger partial charge < -0.3 is 5.43 Å². The number of nitrogens with one attached hydrogen (secondary N) is 1. The van der Waals surface area contributed by atoms with E-state index in [0.717, 1.165) is 5.56 Å². The van der Waals surface area contributed by atoms with Gasteiger partial charge in [-0.25, -0.2) is 4.98 Å². The molecule has 142 valence electrons. The molecule has 0 radical (unpaired) electrons. The second kappa shape index (κ2) is 7.22. The van der Waals surface area contributed by atoms with Crippen molar-refractivity contribution in [3.8, 4) is 0 Å². The van der Waals surface area contributed by atoms with Gasteiger partial charge in [-0.1, -0.05) is 84.6 Å². The van der Waals surface area contributed by atoms with E-state index in [1.165, 1.54) is 16.4 Å². The monoisotopic (exact) mass is 399 g/mol. The fourth-order valence-corrected chi connectivity index (χ4v) is 4.79. The van der Waals surface area contributed by atoms with E-state index in [9.17, 15) is 9.59 Å². The Bertz CT molecular complexity index is 1260. The molecule has 0 saturated heterocycles. The average molecular weight is 399 g/mol. The van der Waals surface area contributed by atoms with Gasteiger partial charge in [0.25, 0.3) is 5.56 Å². The van der Waals surface area contributed by atoms with Crippen LogP contribution in [0.1, 0.15) is 22.0 Å². The van der Waals surface area contributed by atoms with Crippen molar-refractivity contribution in [2.75, 3.05) is 5.43 Å². The number of ketones is 1. The molecule has 1 N–H and O–H groups in total. The average Bonchev–Trinajstić information content (AvgIpc) is 2.79. The van der Waals surface area contributed by atoms with Crippen molar-refractivity contribution in [1.29, 1.82) is 0 Å². The van der Waals surface area contributed by atoms with Crippen LogP contribution in [0, 0.1) is 0 Å². The van der Waals surface area contributed by atoms with E-state index in [1.54, 1.807) is 6.07 Å². The third kappa shape index (κ3) is 3.11. The van der Waals surface area contributed by atoms with Gasteiger partial charge >= 0.3 is 0 Å². The number of fused-ring (bicyclic) bond motifs is 2. The Morgan fingerprint density at radius 2 is 1.55 bits per heavy atom. The Morgan fingerprint density at radius 3 is 2.31 bits per heavy atom. The van der Waals surface area contributed by atoms with Crippen LogP contribution < -0.4 is 11.0 Å². The van der Waals surface area contributed by atoms with Gasteiger partial charge in [-0.05, 0) is 17.7 Å². The summed E-state index contributed by atoms with van der Waals surface area (Å²) in [6.45, 7) is 0. The summed E-state index contributed by atoms with van der Waals surface area (Å²) in [5.74, 6) is 0.00520. The molecule has 2 heterocycles. The lowest BCUT2D eigenvalue weighted by Crippen LogP contribution is -2.44. The third-order valence-corrected chi connectivity index (χ3v) is 6.25. The molecule has 5 nitrogen and oxygen atoms in total. The summed E-state index contributed by atoms with van der Waals surface area (Å²) in [5, 5.41) is 0.590. The number of thioether (sulfide) groups is 1. The van der Waals surface area contributed by atoms with Crippen molar-refractivity contribution in [2.45, 2.75) is 16.4 Å². The molecule has 0 saturated carbocycles. The second-order valence-electron chi connectivity index (χ2n) is 6.84. The molecule has 1 aliphatic heterocycles. The first-order valence-corrected chi connectivity index (χ1v) is 10.2. The largest absolute Gasteiger partial charge is 0.312 e. The zero-order chi connectivity index (χ0) is 19.8. The summed E-state index contributed by atoms with van der Waals surface area (Å²) >= 11 is 1.33. The predicted octanol–water partition coefficient (Wildman–Crippen LogP) is 4.04. The Hall–Kier alpha value is -3.38. The van der Waals surface area contributed by atoms with Crippen molar-refractivity contribution in [1.82, 2.24) is 9.66 Å². The first-order valence-electron chi connectivity index (χ1n) is 9.31. The minimum absolute atomic E-state index is 0.00520. The number of hydrogen-bond donors (Lipinski definition) is 1. The summed E-state index contributed by atoms with van der Waals surface area (Å²) in [7, 11) is 0. The third-order valence-electron chi connectivity index (χ3n) is 5.02. The molecule has 1 aliphatic rings. The molecular formula is C23H17N3O2S. The number of carbonyl (C=O) groups excluding carboxylic acids is 1.